The number of aryl methyl sites for hydroxylation is 1. The molecular weight excluding hydrogens is 306 g/mol. The third-order valence-corrected chi connectivity index (χ3v) is 3.56. The average molecular weight is 325 g/mol. The van der Waals surface area contributed by atoms with Gasteiger partial charge in [0.25, 0.3) is 0 Å². The molecular formula is C17H19N5O2. The van der Waals surface area contributed by atoms with Crippen molar-refractivity contribution in [3.8, 4) is 17.2 Å². The highest BCUT2D eigenvalue weighted by Gasteiger charge is 2.10. The van der Waals surface area contributed by atoms with Crippen LogP contribution in [0.15, 0.2) is 42.5 Å². The van der Waals surface area contributed by atoms with E-state index in [0.717, 1.165) is 22.6 Å². The lowest BCUT2D eigenvalue weighted by Crippen LogP contribution is -2.05. The molecule has 0 unspecified atom stereocenters. The van der Waals surface area contributed by atoms with Gasteiger partial charge in [-0.3, -0.25) is 0 Å². The summed E-state index contributed by atoms with van der Waals surface area (Å²) in [6.07, 6.45) is 0. The average Bonchev–Trinajstić information content (AvgIpc) is 3.00. The van der Waals surface area contributed by atoms with E-state index >= 15 is 0 Å². The van der Waals surface area contributed by atoms with E-state index in [4.69, 9.17) is 15.2 Å². The fourth-order valence-corrected chi connectivity index (χ4v) is 2.31. The minimum atomic E-state index is 0.273. The lowest BCUT2D eigenvalue weighted by atomic mass is 10.1. The topological polar surface area (TPSA) is 98.1 Å². The Balaban J connectivity index is 1.81. The molecule has 0 radical (unpaired) electrons. The van der Waals surface area contributed by atoms with Gasteiger partial charge in [0.15, 0.2) is 0 Å². The lowest BCUT2D eigenvalue weighted by Gasteiger charge is -2.14. The molecule has 4 N–H and O–H groups in total. The summed E-state index contributed by atoms with van der Waals surface area (Å²) in [7, 11) is 1.63. The Bertz CT molecular complexity index is 831. The van der Waals surface area contributed by atoms with Crippen LogP contribution >= 0.6 is 0 Å². The van der Waals surface area contributed by atoms with Crippen molar-refractivity contribution in [1.29, 1.82) is 0 Å². The summed E-state index contributed by atoms with van der Waals surface area (Å²) in [6, 6.07) is 13.4. The number of hydrogen-bond donors (Lipinski definition) is 3. The second-order valence-electron chi connectivity index (χ2n) is 5.23. The number of nitrogens with zero attached hydrogens (tertiary/aromatic N) is 2. The molecule has 7 heteroatoms. The van der Waals surface area contributed by atoms with Crippen molar-refractivity contribution in [2.45, 2.75) is 13.5 Å². The van der Waals surface area contributed by atoms with Crippen LogP contribution < -0.4 is 20.5 Å². The zero-order valence-electron chi connectivity index (χ0n) is 13.5. The maximum absolute atomic E-state index is 6.03. The van der Waals surface area contributed by atoms with E-state index in [1.807, 2.05) is 49.4 Å². The van der Waals surface area contributed by atoms with E-state index in [9.17, 15) is 0 Å². The first-order chi connectivity index (χ1) is 11.7. The molecule has 2 aromatic carbocycles. The van der Waals surface area contributed by atoms with Gasteiger partial charge in [0.1, 0.15) is 17.2 Å². The van der Waals surface area contributed by atoms with Crippen molar-refractivity contribution in [2.24, 2.45) is 0 Å². The van der Waals surface area contributed by atoms with Crippen LogP contribution in [0.4, 0.5) is 11.9 Å². The summed E-state index contributed by atoms with van der Waals surface area (Å²) in [5.41, 5.74) is 7.65. The van der Waals surface area contributed by atoms with Crippen LogP contribution in [0.5, 0.6) is 17.2 Å². The van der Waals surface area contributed by atoms with Crippen molar-refractivity contribution in [3.05, 3.63) is 53.6 Å². The Hall–Kier alpha value is -3.22. The largest absolute Gasteiger partial charge is 0.497 e. The molecule has 0 bridgehead atoms. The molecule has 0 aliphatic heterocycles. The van der Waals surface area contributed by atoms with Gasteiger partial charge < -0.3 is 20.5 Å². The number of ether oxygens (including phenoxy) is 2. The SMILES string of the molecule is COc1cccc(Oc2cccc(C)c2CNc2n[nH]c(N)n2)c1. The molecule has 0 fully saturated rings. The molecule has 0 spiro atoms. The molecule has 1 heterocycles. The van der Waals surface area contributed by atoms with Gasteiger partial charge in [-0.15, -0.1) is 5.10 Å². The maximum atomic E-state index is 6.03. The third kappa shape index (κ3) is 3.57. The molecule has 0 amide bonds. The van der Waals surface area contributed by atoms with E-state index in [-0.39, 0.29) is 5.95 Å². The number of anilines is 2. The maximum Gasteiger partial charge on any atom is 0.243 e. The number of hydrogen-bond acceptors (Lipinski definition) is 6. The normalized spacial score (nSPS) is 10.4. The number of aromatic amines is 1. The highest BCUT2D eigenvalue weighted by molar-refractivity contribution is 5.45. The van der Waals surface area contributed by atoms with Crippen molar-refractivity contribution in [2.75, 3.05) is 18.2 Å². The first-order valence-corrected chi connectivity index (χ1v) is 7.48. The van der Waals surface area contributed by atoms with Gasteiger partial charge in [0, 0.05) is 18.2 Å². The van der Waals surface area contributed by atoms with E-state index < -0.39 is 0 Å². The Morgan fingerprint density at radius 3 is 2.71 bits per heavy atom. The number of H-pyrrole nitrogens is 1. The van der Waals surface area contributed by atoms with Gasteiger partial charge in [0.05, 0.1) is 7.11 Å². The number of methoxy groups -OCH3 is 1. The number of rotatable bonds is 6. The molecule has 3 aromatic rings. The van der Waals surface area contributed by atoms with Gasteiger partial charge in [-0.1, -0.05) is 18.2 Å². The number of benzene rings is 2. The van der Waals surface area contributed by atoms with Crippen molar-refractivity contribution in [1.82, 2.24) is 15.2 Å². The Morgan fingerprint density at radius 2 is 1.96 bits per heavy atom. The van der Waals surface area contributed by atoms with Crippen LogP contribution in [0.3, 0.4) is 0 Å². The number of aromatic nitrogens is 3. The summed E-state index contributed by atoms with van der Waals surface area (Å²) in [5, 5.41) is 9.70. The number of nitrogens with one attached hydrogen (secondary N) is 2. The minimum absolute atomic E-state index is 0.273. The molecule has 7 nitrogen and oxygen atoms in total. The highest BCUT2D eigenvalue weighted by atomic mass is 16.5. The molecule has 0 aliphatic rings. The summed E-state index contributed by atoms with van der Waals surface area (Å²) in [4.78, 5) is 4.03. The van der Waals surface area contributed by atoms with Crippen LogP contribution in [0, 0.1) is 6.92 Å². The van der Waals surface area contributed by atoms with Gasteiger partial charge in [-0.2, -0.15) is 4.98 Å². The fraction of sp³-hybridized carbons (Fsp3) is 0.176. The third-order valence-electron chi connectivity index (χ3n) is 3.56. The molecule has 0 atom stereocenters. The zero-order valence-corrected chi connectivity index (χ0v) is 13.5. The van der Waals surface area contributed by atoms with Crippen LogP contribution in [0.1, 0.15) is 11.1 Å². The summed E-state index contributed by atoms with van der Waals surface area (Å²) in [6.45, 7) is 2.55. The standard InChI is InChI=1S/C17H19N5O2/c1-11-5-3-8-15(24-13-7-4-6-12(9-13)23-2)14(11)10-19-17-20-16(18)21-22-17/h3-9H,10H2,1-2H3,(H4,18,19,20,21,22). The molecule has 24 heavy (non-hydrogen) atoms. The predicted octanol–water partition coefficient (Wildman–Crippen LogP) is 3.11. The molecule has 0 saturated heterocycles. The van der Waals surface area contributed by atoms with Crippen LogP contribution in [-0.2, 0) is 6.54 Å². The lowest BCUT2D eigenvalue weighted by molar-refractivity contribution is 0.408. The smallest absolute Gasteiger partial charge is 0.243 e. The quantitative estimate of drug-likeness (QED) is 0.644. The monoisotopic (exact) mass is 325 g/mol. The Morgan fingerprint density at radius 1 is 1.17 bits per heavy atom. The number of nitrogens with two attached hydrogens (primary N) is 1. The summed E-state index contributed by atoms with van der Waals surface area (Å²) < 4.78 is 11.3. The van der Waals surface area contributed by atoms with Crippen LogP contribution in [-0.4, -0.2) is 22.3 Å². The van der Waals surface area contributed by atoms with E-state index in [1.54, 1.807) is 7.11 Å². The summed E-state index contributed by atoms with van der Waals surface area (Å²) >= 11 is 0. The second kappa shape index (κ2) is 6.91. The van der Waals surface area contributed by atoms with Gasteiger partial charge in [0.2, 0.25) is 11.9 Å². The van der Waals surface area contributed by atoms with Crippen LogP contribution in [0.2, 0.25) is 0 Å². The van der Waals surface area contributed by atoms with E-state index in [0.29, 0.717) is 18.2 Å². The van der Waals surface area contributed by atoms with Gasteiger partial charge in [-0.25, -0.2) is 5.10 Å². The molecule has 124 valence electrons. The summed E-state index contributed by atoms with van der Waals surface area (Å²) in [5.74, 6) is 2.94. The predicted molar refractivity (Wildman–Crippen MR) is 92.4 cm³/mol. The van der Waals surface area contributed by atoms with Crippen molar-refractivity contribution in [3.63, 3.8) is 0 Å². The first-order valence-electron chi connectivity index (χ1n) is 7.48. The number of nitrogen functional groups attached to an aromatic ring is 1. The van der Waals surface area contributed by atoms with Crippen LogP contribution in [0.25, 0.3) is 0 Å². The Labute approximate surface area is 139 Å². The van der Waals surface area contributed by atoms with E-state index in [1.165, 1.54) is 0 Å². The minimum Gasteiger partial charge on any atom is -0.497 e. The molecule has 0 saturated carbocycles. The molecule has 0 aliphatic carbocycles. The van der Waals surface area contributed by atoms with Crippen molar-refractivity contribution < 1.29 is 9.47 Å². The van der Waals surface area contributed by atoms with Gasteiger partial charge in [-0.05, 0) is 30.7 Å². The Kier molecular flexibility index (Phi) is 4.51. The van der Waals surface area contributed by atoms with Gasteiger partial charge >= 0.3 is 0 Å². The molecule has 3 rings (SSSR count). The second-order valence-corrected chi connectivity index (χ2v) is 5.23. The zero-order chi connectivity index (χ0) is 16.9. The highest BCUT2D eigenvalue weighted by Crippen LogP contribution is 2.30. The first kappa shape index (κ1) is 15.7. The molecule has 1 aromatic heterocycles. The van der Waals surface area contributed by atoms with Crippen molar-refractivity contribution >= 4 is 11.9 Å². The fourth-order valence-electron chi connectivity index (χ4n) is 2.31. The van der Waals surface area contributed by atoms with E-state index in [2.05, 4.69) is 20.5 Å².